The van der Waals surface area contributed by atoms with Gasteiger partial charge in [-0.2, -0.15) is 0 Å². The highest BCUT2D eigenvalue weighted by Crippen LogP contribution is 2.18. The second-order valence-electron chi connectivity index (χ2n) is 4.43. The molecular weight excluding hydrogens is 230 g/mol. The molecule has 0 aliphatic carbocycles. The van der Waals surface area contributed by atoms with Crippen LogP contribution in [0.25, 0.3) is 0 Å². The molecule has 108 valence electrons. The predicted octanol–water partition coefficient (Wildman–Crippen LogP) is 1.11. The summed E-state index contributed by atoms with van der Waals surface area (Å²) < 4.78 is 0. The van der Waals surface area contributed by atoms with Gasteiger partial charge in [0.05, 0.1) is 6.04 Å². The third-order valence-electron chi connectivity index (χ3n) is 2.84. The van der Waals surface area contributed by atoms with E-state index in [1.807, 2.05) is 32.6 Å². The van der Waals surface area contributed by atoms with E-state index in [1.165, 1.54) is 0 Å². The fraction of sp³-hybridized carbons (Fsp3) is 0.846. The first-order valence-electron chi connectivity index (χ1n) is 6.67. The first-order valence-corrected chi connectivity index (χ1v) is 6.67. The Morgan fingerprint density at radius 3 is 2.11 bits per heavy atom. The van der Waals surface area contributed by atoms with Gasteiger partial charge in [-0.3, -0.25) is 9.59 Å². The zero-order chi connectivity index (χ0) is 14.7. The van der Waals surface area contributed by atoms with Crippen molar-refractivity contribution in [1.82, 2.24) is 4.90 Å². The van der Waals surface area contributed by atoms with Crippen LogP contribution in [-0.2, 0) is 9.59 Å². The minimum Gasteiger partial charge on any atom is -0.372 e. The zero-order valence-corrected chi connectivity index (χ0v) is 12.3. The van der Waals surface area contributed by atoms with E-state index in [1.54, 1.807) is 0 Å². The van der Waals surface area contributed by atoms with Gasteiger partial charge in [0, 0.05) is 12.6 Å². The Hall–Kier alpha value is -1.10. The van der Waals surface area contributed by atoms with E-state index in [4.69, 9.17) is 10.5 Å². The molecule has 0 saturated carbocycles. The van der Waals surface area contributed by atoms with Crippen molar-refractivity contribution in [2.24, 2.45) is 17.4 Å². The maximum Gasteiger partial charge on any atom is 0.239 e. The van der Waals surface area contributed by atoms with E-state index in [2.05, 4.69) is 12.7 Å². The van der Waals surface area contributed by atoms with Gasteiger partial charge in [0.15, 0.2) is 0 Å². The van der Waals surface area contributed by atoms with Crippen LogP contribution < -0.4 is 11.5 Å². The number of rotatable bonds is 2. The summed E-state index contributed by atoms with van der Waals surface area (Å²) in [5, 5.41) is 0. The average Bonchev–Trinajstić information content (AvgIpc) is 2.77. The maximum atomic E-state index is 11.8. The number of amides is 2. The molecule has 2 amide bonds. The lowest BCUT2D eigenvalue weighted by atomic mass is 10.0. The summed E-state index contributed by atoms with van der Waals surface area (Å²) in [4.78, 5) is 22.3. The van der Waals surface area contributed by atoms with Crippen LogP contribution in [0.4, 0.5) is 0 Å². The van der Waals surface area contributed by atoms with Gasteiger partial charge in [-0.25, -0.2) is 0 Å². The summed E-state index contributed by atoms with van der Waals surface area (Å²) in [6.07, 6.45) is 2.49. The minimum absolute atomic E-state index is 0.125. The van der Waals surface area contributed by atoms with E-state index in [0.717, 1.165) is 19.4 Å². The van der Waals surface area contributed by atoms with Gasteiger partial charge in [0.1, 0.15) is 0 Å². The molecule has 4 N–H and O–H groups in total. The molecule has 0 aromatic heterocycles. The third-order valence-corrected chi connectivity index (χ3v) is 2.84. The lowest BCUT2D eigenvalue weighted by molar-refractivity contribution is -0.134. The molecule has 1 aliphatic heterocycles. The Kier molecular flexibility index (Phi) is 11.8. The number of primary amides is 1. The molecule has 2 unspecified atom stereocenters. The van der Waals surface area contributed by atoms with Crippen molar-refractivity contribution in [1.29, 1.82) is 0 Å². The van der Waals surface area contributed by atoms with Crippen LogP contribution in [0.2, 0.25) is 0 Å². The molecule has 0 aromatic rings. The Morgan fingerprint density at radius 2 is 1.83 bits per heavy atom. The highest BCUT2D eigenvalue weighted by atomic mass is 16.2. The number of carbonyl (C=O) groups is 2. The molecule has 1 rings (SSSR count). The summed E-state index contributed by atoms with van der Waals surface area (Å²) >= 11 is 0. The molecule has 0 bridgehead atoms. The van der Waals surface area contributed by atoms with E-state index < -0.39 is 0 Å². The first-order chi connectivity index (χ1) is 8.45. The normalized spacial score (nSPS) is 19.3. The van der Waals surface area contributed by atoms with Crippen molar-refractivity contribution in [3.8, 4) is 0 Å². The number of likely N-dealkylation sites (tertiary alicyclic amines) is 1. The molecule has 2 atom stereocenters. The molecule has 1 heterocycles. The summed E-state index contributed by atoms with van der Waals surface area (Å²) in [6.45, 7) is 11.0. The molecular formula is C13H29N3O2. The molecule has 5 heteroatoms. The number of carbonyl (C=O) groups excluding carboxylic acids is 2. The molecule has 0 spiro atoms. The van der Waals surface area contributed by atoms with Gasteiger partial charge in [-0.05, 0) is 25.7 Å². The van der Waals surface area contributed by atoms with Gasteiger partial charge in [-0.15, -0.1) is 0 Å². The standard InChI is InChI=1S/C10H20N2O.C2H6.CH3NO/c1-7(2)9(11)10(13)12-6-4-5-8(12)3;1-2;2-1-3/h7-9H,4-6,11H2,1-3H3;1-2H3;1H,(H2,2,3). The number of hydrogen-bond donors (Lipinski definition) is 2. The molecule has 1 aliphatic rings. The van der Waals surface area contributed by atoms with Crippen LogP contribution in [0.15, 0.2) is 0 Å². The van der Waals surface area contributed by atoms with Gasteiger partial charge in [0.2, 0.25) is 12.3 Å². The lowest BCUT2D eigenvalue weighted by Crippen LogP contribution is -2.47. The maximum absolute atomic E-state index is 11.8. The second kappa shape index (κ2) is 11.0. The van der Waals surface area contributed by atoms with Crippen LogP contribution in [-0.4, -0.2) is 35.8 Å². The minimum atomic E-state index is -0.319. The summed E-state index contributed by atoms with van der Waals surface area (Å²) in [7, 11) is 0. The second-order valence-corrected chi connectivity index (χ2v) is 4.43. The van der Waals surface area contributed by atoms with Crippen molar-refractivity contribution >= 4 is 12.3 Å². The lowest BCUT2D eigenvalue weighted by Gasteiger charge is -2.26. The number of hydrogen-bond acceptors (Lipinski definition) is 3. The SMILES string of the molecule is CC.CC(C)C(N)C(=O)N1CCCC1C.NC=O. The van der Waals surface area contributed by atoms with Gasteiger partial charge in [0.25, 0.3) is 0 Å². The largest absolute Gasteiger partial charge is 0.372 e. The third kappa shape index (κ3) is 6.59. The van der Waals surface area contributed by atoms with Crippen molar-refractivity contribution in [3.05, 3.63) is 0 Å². The molecule has 0 aromatic carbocycles. The Balaban J connectivity index is 0. The molecule has 18 heavy (non-hydrogen) atoms. The van der Waals surface area contributed by atoms with E-state index in [0.29, 0.717) is 6.04 Å². The number of nitrogens with two attached hydrogens (primary N) is 2. The van der Waals surface area contributed by atoms with Crippen molar-refractivity contribution in [2.75, 3.05) is 6.54 Å². The van der Waals surface area contributed by atoms with E-state index in [9.17, 15) is 4.79 Å². The van der Waals surface area contributed by atoms with Gasteiger partial charge in [-0.1, -0.05) is 27.7 Å². The van der Waals surface area contributed by atoms with Gasteiger partial charge < -0.3 is 16.4 Å². The molecule has 1 saturated heterocycles. The van der Waals surface area contributed by atoms with Crippen molar-refractivity contribution < 1.29 is 9.59 Å². The van der Waals surface area contributed by atoms with Crippen LogP contribution in [0.3, 0.4) is 0 Å². The van der Waals surface area contributed by atoms with Crippen LogP contribution in [0.1, 0.15) is 47.5 Å². The predicted molar refractivity (Wildman–Crippen MR) is 74.8 cm³/mol. The van der Waals surface area contributed by atoms with Crippen LogP contribution >= 0.6 is 0 Å². The Bertz CT molecular complexity index is 232. The fourth-order valence-electron chi connectivity index (χ4n) is 1.74. The topological polar surface area (TPSA) is 89.4 Å². The number of nitrogens with zero attached hydrogens (tertiary/aromatic N) is 1. The highest BCUT2D eigenvalue weighted by molar-refractivity contribution is 5.82. The van der Waals surface area contributed by atoms with Crippen molar-refractivity contribution in [3.63, 3.8) is 0 Å². The highest BCUT2D eigenvalue weighted by Gasteiger charge is 2.29. The Labute approximate surface area is 111 Å². The van der Waals surface area contributed by atoms with Gasteiger partial charge >= 0.3 is 0 Å². The van der Waals surface area contributed by atoms with E-state index in [-0.39, 0.29) is 24.3 Å². The van der Waals surface area contributed by atoms with E-state index >= 15 is 0 Å². The first kappa shape index (κ1) is 19.2. The molecule has 0 radical (unpaired) electrons. The summed E-state index contributed by atoms with van der Waals surface area (Å²) in [5.41, 5.74) is 9.98. The fourth-order valence-corrected chi connectivity index (χ4v) is 1.74. The smallest absolute Gasteiger partial charge is 0.239 e. The average molecular weight is 259 g/mol. The Morgan fingerprint density at radius 1 is 1.39 bits per heavy atom. The van der Waals surface area contributed by atoms with Crippen LogP contribution in [0.5, 0.6) is 0 Å². The molecule has 5 nitrogen and oxygen atoms in total. The van der Waals surface area contributed by atoms with Crippen LogP contribution in [0, 0.1) is 5.92 Å². The molecule has 1 fully saturated rings. The monoisotopic (exact) mass is 259 g/mol. The van der Waals surface area contributed by atoms with Crippen molar-refractivity contribution in [2.45, 2.75) is 59.5 Å². The zero-order valence-electron chi connectivity index (χ0n) is 12.3. The quantitative estimate of drug-likeness (QED) is 0.728. The summed E-state index contributed by atoms with van der Waals surface area (Å²) in [5.74, 6) is 0.361. The summed E-state index contributed by atoms with van der Waals surface area (Å²) in [6, 6.07) is 0.0675.